The van der Waals surface area contributed by atoms with Crippen LogP contribution < -0.4 is 10.6 Å². The fourth-order valence-corrected chi connectivity index (χ4v) is 4.81. The number of amides is 3. The van der Waals surface area contributed by atoms with Crippen molar-refractivity contribution in [2.45, 2.75) is 58.2 Å². The largest absolute Gasteiger partial charge is 0.465 e. The summed E-state index contributed by atoms with van der Waals surface area (Å²) >= 11 is 0. The van der Waals surface area contributed by atoms with Crippen LogP contribution in [0.4, 0.5) is 4.79 Å². The number of ketones is 1. The first kappa shape index (κ1) is 28.5. The molecule has 0 fully saturated rings. The number of nitrogens with one attached hydrogen (secondary N) is 2. The van der Waals surface area contributed by atoms with E-state index in [1.54, 1.807) is 4.90 Å². The van der Waals surface area contributed by atoms with Gasteiger partial charge in [-0.15, -0.1) is 0 Å². The van der Waals surface area contributed by atoms with Gasteiger partial charge in [-0.05, 0) is 48.3 Å². The Bertz CT molecular complexity index is 1350. The molecule has 3 aromatic rings. The summed E-state index contributed by atoms with van der Waals surface area (Å²) in [6, 6.07) is 15.3. The zero-order valence-corrected chi connectivity index (χ0v) is 22.6. The first-order valence-electron chi connectivity index (χ1n) is 13.4. The van der Waals surface area contributed by atoms with E-state index in [0.29, 0.717) is 19.5 Å². The normalized spacial score (nSPS) is 14.2. The first-order chi connectivity index (χ1) is 19.2. The Morgan fingerprint density at radius 2 is 1.68 bits per heavy atom. The van der Waals surface area contributed by atoms with Crippen molar-refractivity contribution in [2.24, 2.45) is 5.92 Å². The number of rotatable bonds is 11. The highest BCUT2D eigenvalue weighted by atomic mass is 16.4. The molecule has 10 heteroatoms. The van der Waals surface area contributed by atoms with Crippen molar-refractivity contribution in [3.05, 3.63) is 89.1 Å². The number of nitrogens with zero attached hydrogens (tertiary/aromatic N) is 2. The van der Waals surface area contributed by atoms with Crippen LogP contribution >= 0.6 is 0 Å². The predicted molar refractivity (Wildman–Crippen MR) is 147 cm³/mol. The van der Waals surface area contributed by atoms with E-state index in [2.05, 4.69) is 15.6 Å². The molecule has 210 valence electrons. The maximum absolute atomic E-state index is 13.5. The maximum Gasteiger partial charge on any atom is 0.405 e. The second-order valence-electron chi connectivity index (χ2n) is 10.4. The summed E-state index contributed by atoms with van der Waals surface area (Å²) in [6.45, 7) is 4.70. The lowest BCUT2D eigenvalue weighted by Gasteiger charge is -2.28. The third kappa shape index (κ3) is 7.34. The Morgan fingerprint density at radius 3 is 2.38 bits per heavy atom. The van der Waals surface area contributed by atoms with Crippen molar-refractivity contribution in [1.29, 1.82) is 0 Å². The van der Waals surface area contributed by atoms with Crippen molar-refractivity contribution >= 4 is 23.7 Å². The molecule has 4 rings (SSSR count). The SMILES string of the molecule is CC(C)CC(NC(=O)O)C(=O)NC(CCc1ccccc1)C(=O)c1nc(C(=O)N2CCc3ccccc3C2)co1. The third-order valence-electron chi connectivity index (χ3n) is 6.87. The molecule has 40 heavy (non-hydrogen) atoms. The minimum absolute atomic E-state index is 0.0149. The van der Waals surface area contributed by atoms with Crippen LogP contribution in [-0.4, -0.2) is 57.3 Å². The molecule has 0 saturated heterocycles. The lowest BCUT2D eigenvalue weighted by atomic mass is 9.99. The van der Waals surface area contributed by atoms with Crippen LogP contribution in [0.5, 0.6) is 0 Å². The smallest absolute Gasteiger partial charge is 0.405 e. The van der Waals surface area contributed by atoms with Gasteiger partial charge in [0.15, 0.2) is 5.69 Å². The Morgan fingerprint density at radius 1 is 0.975 bits per heavy atom. The first-order valence-corrected chi connectivity index (χ1v) is 13.4. The molecule has 0 saturated carbocycles. The molecular formula is C30H34N4O6. The summed E-state index contributed by atoms with van der Waals surface area (Å²) in [5, 5.41) is 14.2. The second-order valence-corrected chi connectivity index (χ2v) is 10.4. The molecule has 3 amide bonds. The average molecular weight is 547 g/mol. The van der Waals surface area contributed by atoms with Gasteiger partial charge in [-0.25, -0.2) is 9.78 Å². The van der Waals surface area contributed by atoms with Crippen LogP contribution in [0, 0.1) is 5.92 Å². The van der Waals surface area contributed by atoms with Crippen molar-refractivity contribution < 1.29 is 28.7 Å². The number of benzene rings is 2. The summed E-state index contributed by atoms with van der Waals surface area (Å²) in [5.74, 6) is -1.80. The quantitative estimate of drug-likeness (QED) is 0.310. The van der Waals surface area contributed by atoms with Crippen LogP contribution in [0.15, 0.2) is 65.3 Å². The van der Waals surface area contributed by atoms with E-state index in [9.17, 15) is 24.3 Å². The summed E-state index contributed by atoms with van der Waals surface area (Å²) in [7, 11) is 0. The lowest BCUT2D eigenvalue weighted by Crippen LogP contribution is -2.52. The number of Topliss-reactive ketones (excluding diaryl/α,β-unsaturated/α-hetero) is 1. The molecule has 0 bridgehead atoms. The zero-order chi connectivity index (χ0) is 28.6. The number of hydrogen-bond acceptors (Lipinski definition) is 6. The molecule has 10 nitrogen and oxygen atoms in total. The van der Waals surface area contributed by atoms with E-state index < -0.39 is 29.9 Å². The molecule has 1 aliphatic rings. The van der Waals surface area contributed by atoms with Gasteiger partial charge in [-0.1, -0.05) is 68.4 Å². The van der Waals surface area contributed by atoms with E-state index in [-0.39, 0.29) is 36.3 Å². The van der Waals surface area contributed by atoms with E-state index >= 15 is 0 Å². The maximum atomic E-state index is 13.5. The average Bonchev–Trinajstić information content (AvgIpc) is 3.44. The molecule has 2 aromatic carbocycles. The third-order valence-corrected chi connectivity index (χ3v) is 6.87. The number of hydrogen-bond donors (Lipinski definition) is 3. The van der Waals surface area contributed by atoms with Crippen molar-refractivity contribution in [3.8, 4) is 0 Å². The van der Waals surface area contributed by atoms with Gasteiger partial charge >= 0.3 is 6.09 Å². The molecule has 1 aromatic heterocycles. The Hall–Kier alpha value is -4.47. The fourth-order valence-electron chi connectivity index (χ4n) is 4.81. The molecule has 3 N–H and O–H groups in total. The van der Waals surface area contributed by atoms with Crippen molar-refractivity contribution in [1.82, 2.24) is 20.5 Å². The van der Waals surface area contributed by atoms with E-state index in [4.69, 9.17) is 4.42 Å². The molecule has 2 heterocycles. The van der Waals surface area contributed by atoms with Crippen LogP contribution in [0.25, 0.3) is 0 Å². The Balaban J connectivity index is 1.50. The molecule has 2 unspecified atom stereocenters. The van der Waals surface area contributed by atoms with Gasteiger partial charge in [0.25, 0.3) is 11.8 Å². The number of aromatic nitrogens is 1. The Kier molecular flexibility index (Phi) is 9.31. The summed E-state index contributed by atoms with van der Waals surface area (Å²) in [4.78, 5) is 56.9. The molecule has 2 atom stereocenters. The van der Waals surface area contributed by atoms with Gasteiger partial charge in [0.2, 0.25) is 11.7 Å². The second kappa shape index (κ2) is 13.1. The topological polar surface area (TPSA) is 142 Å². The minimum atomic E-state index is -1.33. The monoisotopic (exact) mass is 546 g/mol. The van der Waals surface area contributed by atoms with Crippen molar-refractivity contribution in [3.63, 3.8) is 0 Å². The number of aryl methyl sites for hydroxylation is 1. The van der Waals surface area contributed by atoms with Crippen LogP contribution in [0.2, 0.25) is 0 Å². The van der Waals surface area contributed by atoms with Gasteiger partial charge in [-0.3, -0.25) is 14.4 Å². The van der Waals surface area contributed by atoms with Gasteiger partial charge in [0.05, 0.1) is 6.04 Å². The summed E-state index contributed by atoms with van der Waals surface area (Å²) in [5.41, 5.74) is 3.25. The van der Waals surface area contributed by atoms with Gasteiger partial charge in [-0.2, -0.15) is 0 Å². The van der Waals surface area contributed by atoms with Crippen molar-refractivity contribution in [2.75, 3.05) is 6.54 Å². The zero-order valence-electron chi connectivity index (χ0n) is 22.6. The number of carbonyl (C=O) groups excluding carboxylic acids is 3. The van der Waals surface area contributed by atoms with Crippen LogP contribution in [-0.2, 0) is 24.2 Å². The summed E-state index contributed by atoms with van der Waals surface area (Å²) < 4.78 is 5.44. The highest BCUT2D eigenvalue weighted by molar-refractivity contribution is 6.00. The minimum Gasteiger partial charge on any atom is -0.465 e. The number of fused-ring (bicyclic) bond motifs is 1. The van der Waals surface area contributed by atoms with Crippen LogP contribution in [0.3, 0.4) is 0 Å². The lowest BCUT2D eigenvalue weighted by molar-refractivity contribution is -0.124. The highest BCUT2D eigenvalue weighted by Gasteiger charge is 2.31. The highest BCUT2D eigenvalue weighted by Crippen LogP contribution is 2.21. The number of carboxylic acid groups (broad SMARTS) is 1. The predicted octanol–water partition coefficient (Wildman–Crippen LogP) is 3.86. The molecular weight excluding hydrogens is 512 g/mol. The Labute approximate surface area is 232 Å². The number of oxazole rings is 1. The number of carbonyl (C=O) groups is 4. The van der Waals surface area contributed by atoms with E-state index in [0.717, 1.165) is 17.5 Å². The summed E-state index contributed by atoms with van der Waals surface area (Å²) in [6.07, 6.45) is 1.52. The molecule has 0 aliphatic carbocycles. The fraction of sp³-hybridized carbons (Fsp3) is 0.367. The van der Waals surface area contributed by atoms with Gasteiger partial charge < -0.3 is 25.1 Å². The van der Waals surface area contributed by atoms with Gasteiger partial charge in [0, 0.05) is 13.1 Å². The molecule has 1 aliphatic heterocycles. The standard InChI is InChI=1S/C30H34N4O6/c1-19(2)16-24(33-30(38)39)27(36)31-23(13-12-20-8-4-3-5-9-20)26(35)28-32-25(18-40-28)29(37)34-15-14-21-10-6-7-11-22(21)17-34/h3-11,18-19,23-24,33H,12-17H2,1-2H3,(H,31,36)(H,38,39). The molecule has 0 radical (unpaired) electrons. The van der Waals surface area contributed by atoms with Crippen LogP contribution in [0.1, 0.15) is 64.6 Å². The van der Waals surface area contributed by atoms with E-state index in [1.807, 2.05) is 68.4 Å². The van der Waals surface area contributed by atoms with E-state index in [1.165, 1.54) is 11.8 Å². The van der Waals surface area contributed by atoms with Gasteiger partial charge in [0.1, 0.15) is 12.3 Å². The molecule has 0 spiro atoms.